The van der Waals surface area contributed by atoms with E-state index in [0.717, 1.165) is 6.42 Å². The lowest BCUT2D eigenvalue weighted by Crippen LogP contribution is -2.28. The van der Waals surface area contributed by atoms with Crippen molar-refractivity contribution in [1.29, 1.82) is 0 Å². The Morgan fingerprint density at radius 3 is 2.28 bits per heavy atom. The Bertz CT molecular complexity index is 523. The van der Waals surface area contributed by atoms with Crippen LogP contribution in [0.4, 0.5) is 0 Å². The van der Waals surface area contributed by atoms with Crippen LogP contribution in [0.3, 0.4) is 0 Å². The van der Waals surface area contributed by atoms with Crippen molar-refractivity contribution in [3.8, 4) is 0 Å². The largest absolute Gasteiger partial charge is 0.0622 e. The molecule has 2 bridgehead atoms. The van der Waals surface area contributed by atoms with E-state index in [1.165, 1.54) is 11.1 Å². The highest BCUT2D eigenvalue weighted by molar-refractivity contribution is 5.60. The topological polar surface area (TPSA) is 0 Å². The predicted octanol–water partition coefficient (Wildman–Crippen LogP) is 4.58. The summed E-state index contributed by atoms with van der Waals surface area (Å²) in [5.74, 6) is 1.19. The molecule has 0 N–H and O–H groups in total. The fraction of sp³-hybridized carbons (Fsp3) is 0.444. The van der Waals surface area contributed by atoms with E-state index in [2.05, 4.69) is 64.1 Å². The number of hydrogen-bond donors (Lipinski definition) is 0. The second-order valence-corrected chi connectivity index (χ2v) is 6.60. The van der Waals surface area contributed by atoms with Crippen LogP contribution in [0.25, 0.3) is 0 Å². The highest BCUT2D eigenvalue weighted by Crippen LogP contribution is 2.57. The van der Waals surface area contributed by atoms with Crippen molar-refractivity contribution in [3.05, 3.63) is 58.7 Å². The lowest BCUT2D eigenvalue weighted by molar-refractivity contribution is 0.451. The minimum absolute atomic E-state index is 0.287. The van der Waals surface area contributed by atoms with Gasteiger partial charge >= 0.3 is 0 Å². The van der Waals surface area contributed by atoms with Gasteiger partial charge in [-0.25, -0.2) is 0 Å². The van der Waals surface area contributed by atoms with Crippen LogP contribution in [-0.4, -0.2) is 0 Å². The first kappa shape index (κ1) is 11.8. The first-order chi connectivity index (χ1) is 8.48. The molecule has 0 amide bonds. The average Bonchev–Trinajstić information content (AvgIpc) is 2.79. The zero-order chi connectivity index (χ0) is 12.9. The van der Waals surface area contributed by atoms with E-state index in [0.29, 0.717) is 11.8 Å². The molecule has 1 aromatic rings. The molecular formula is C18H21. The molecular weight excluding hydrogens is 216 g/mol. The van der Waals surface area contributed by atoms with Gasteiger partial charge in [0.1, 0.15) is 0 Å². The molecule has 0 aromatic heterocycles. The minimum atomic E-state index is 0.287. The summed E-state index contributed by atoms with van der Waals surface area (Å²) in [6.45, 7) is 9.25. The Hall–Kier alpha value is -1.30. The molecule has 0 heteroatoms. The van der Waals surface area contributed by atoms with Crippen LogP contribution in [0.15, 0.2) is 47.1 Å². The van der Waals surface area contributed by atoms with Crippen LogP contribution < -0.4 is 0 Å². The molecule has 4 rings (SSSR count). The Balaban J connectivity index is 1.87. The molecule has 2 unspecified atom stereocenters. The Morgan fingerprint density at radius 1 is 1.11 bits per heavy atom. The predicted molar refractivity (Wildman–Crippen MR) is 76.0 cm³/mol. The smallest absolute Gasteiger partial charge is 0.0107 e. The van der Waals surface area contributed by atoms with Crippen molar-refractivity contribution < 1.29 is 0 Å². The average molecular weight is 237 g/mol. The fourth-order valence-electron chi connectivity index (χ4n) is 3.48. The Morgan fingerprint density at radius 2 is 1.78 bits per heavy atom. The quantitative estimate of drug-likeness (QED) is 0.706. The maximum Gasteiger partial charge on any atom is 0.0107 e. The third kappa shape index (κ3) is 1.67. The summed E-state index contributed by atoms with van der Waals surface area (Å²) in [6, 6.07) is 10.8. The van der Waals surface area contributed by atoms with E-state index in [-0.39, 0.29) is 5.41 Å². The Labute approximate surface area is 110 Å². The maximum atomic E-state index is 3.66. The van der Waals surface area contributed by atoms with Gasteiger partial charge in [-0.2, -0.15) is 0 Å². The molecule has 0 fully saturated rings. The molecule has 1 aromatic carbocycles. The molecule has 2 atom stereocenters. The third-order valence-electron chi connectivity index (χ3n) is 4.15. The van der Waals surface area contributed by atoms with Gasteiger partial charge in [0.05, 0.1) is 0 Å². The summed E-state index contributed by atoms with van der Waals surface area (Å²) in [5.41, 5.74) is 6.49. The van der Waals surface area contributed by atoms with Crippen molar-refractivity contribution in [1.82, 2.24) is 0 Å². The number of benzene rings is 1. The summed E-state index contributed by atoms with van der Waals surface area (Å²) in [4.78, 5) is 0. The summed E-state index contributed by atoms with van der Waals surface area (Å²) >= 11 is 0. The summed E-state index contributed by atoms with van der Waals surface area (Å²) in [6.07, 6.45) is 4.82. The molecule has 0 nitrogen and oxygen atoms in total. The van der Waals surface area contributed by atoms with Crippen molar-refractivity contribution >= 4 is 0 Å². The van der Waals surface area contributed by atoms with Gasteiger partial charge in [0, 0.05) is 11.8 Å². The molecule has 0 aliphatic heterocycles. The van der Waals surface area contributed by atoms with Gasteiger partial charge in [-0.05, 0) is 34.6 Å². The standard InChI is InChI=1S/C18H21/c1-12-10-15-14(11-13-8-6-5-7-9-13)16(12)17(15)18(2,3)4/h5-9,12,14H,11H2,1-4H3. The highest BCUT2D eigenvalue weighted by atomic mass is 14.5. The number of allylic oxidation sites excluding steroid dienone is 4. The number of hydrogen-bond acceptors (Lipinski definition) is 0. The van der Waals surface area contributed by atoms with E-state index >= 15 is 0 Å². The first-order valence-corrected chi connectivity index (χ1v) is 6.90. The van der Waals surface area contributed by atoms with Crippen LogP contribution >= 0.6 is 0 Å². The molecule has 1 radical (unpaired) electrons. The molecule has 93 valence electrons. The van der Waals surface area contributed by atoms with Gasteiger partial charge in [0.15, 0.2) is 0 Å². The monoisotopic (exact) mass is 237 g/mol. The van der Waals surface area contributed by atoms with Crippen LogP contribution in [-0.2, 0) is 6.42 Å². The van der Waals surface area contributed by atoms with Gasteiger partial charge in [-0.1, -0.05) is 63.6 Å². The number of fused-ring (bicyclic) bond motifs is 1. The molecule has 0 saturated heterocycles. The van der Waals surface area contributed by atoms with Gasteiger partial charge in [-0.15, -0.1) is 0 Å². The fourth-order valence-corrected chi connectivity index (χ4v) is 3.48. The van der Waals surface area contributed by atoms with E-state index in [1.54, 1.807) is 11.1 Å². The zero-order valence-electron chi connectivity index (χ0n) is 11.7. The van der Waals surface area contributed by atoms with Gasteiger partial charge in [0.25, 0.3) is 0 Å². The van der Waals surface area contributed by atoms with Crippen molar-refractivity contribution in [3.63, 3.8) is 0 Å². The van der Waals surface area contributed by atoms with Crippen molar-refractivity contribution in [2.75, 3.05) is 0 Å². The van der Waals surface area contributed by atoms with Crippen LogP contribution in [0.5, 0.6) is 0 Å². The third-order valence-corrected chi connectivity index (χ3v) is 4.15. The van der Waals surface area contributed by atoms with Crippen molar-refractivity contribution in [2.24, 2.45) is 17.3 Å². The van der Waals surface area contributed by atoms with E-state index in [1.807, 2.05) is 0 Å². The molecule has 3 aliphatic carbocycles. The highest BCUT2D eigenvalue weighted by Gasteiger charge is 2.46. The molecule has 0 spiro atoms. The minimum Gasteiger partial charge on any atom is -0.0622 e. The zero-order valence-corrected chi connectivity index (χ0v) is 11.7. The molecule has 0 saturated carbocycles. The van der Waals surface area contributed by atoms with Gasteiger partial charge in [-0.3, -0.25) is 0 Å². The lowest BCUT2D eigenvalue weighted by Gasteiger charge is -2.39. The summed E-state index contributed by atoms with van der Waals surface area (Å²) in [5, 5.41) is 0. The lowest BCUT2D eigenvalue weighted by atomic mass is 9.64. The maximum absolute atomic E-state index is 3.66. The van der Waals surface area contributed by atoms with Crippen molar-refractivity contribution in [2.45, 2.75) is 34.1 Å². The SMILES string of the molecule is CC1[C]=C2C(C(C)(C)C)=C1C2Cc1ccccc1. The van der Waals surface area contributed by atoms with Gasteiger partial charge in [0.2, 0.25) is 0 Å². The van der Waals surface area contributed by atoms with E-state index < -0.39 is 0 Å². The Kier molecular flexibility index (Phi) is 2.52. The number of rotatable bonds is 2. The second-order valence-electron chi connectivity index (χ2n) is 6.60. The normalized spacial score (nSPS) is 26.1. The van der Waals surface area contributed by atoms with E-state index in [9.17, 15) is 0 Å². The summed E-state index contributed by atoms with van der Waals surface area (Å²) in [7, 11) is 0. The molecule has 0 heterocycles. The van der Waals surface area contributed by atoms with Crippen LogP contribution in [0, 0.1) is 23.3 Å². The first-order valence-electron chi connectivity index (χ1n) is 6.90. The molecule has 3 aliphatic rings. The van der Waals surface area contributed by atoms with E-state index in [4.69, 9.17) is 0 Å². The summed E-state index contributed by atoms with van der Waals surface area (Å²) < 4.78 is 0. The van der Waals surface area contributed by atoms with Crippen LogP contribution in [0.1, 0.15) is 33.3 Å². The second kappa shape index (κ2) is 3.85. The van der Waals surface area contributed by atoms with Crippen LogP contribution in [0.2, 0.25) is 0 Å². The van der Waals surface area contributed by atoms with Gasteiger partial charge < -0.3 is 0 Å². The molecule has 18 heavy (non-hydrogen) atoms.